The first-order valence-electron chi connectivity index (χ1n) is 16.7. The van der Waals surface area contributed by atoms with Gasteiger partial charge in [-0.1, -0.05) is 26.3 Å². The summed E-state index contributed by atoms with van der Waals surface area (Å²) < 4.78 is 87.3. The van der Waals surface area contributed by atoms with Crippen molar-refractivity contribution in [1.29, 1.82) is 0 Å². The molecule has 2 aliphatic heterocycles. The van der Waals surface area contributed by atoms with E-state index in [4.69, 9.17) is 13.9 Å². The van der Waals surface area contributed by atoms with Crippen LogP contribution >= 0.6 is 0 Å². The van der Waals surface area contributed by atoms with E-state index in [1.165, 1.54) is 12.1 Å². The van der Waals surface area contributed by atoms with Gasteiger partial charge in [0.1, 0.15) is 11.5 Å². The Kier molecular flexibility index (Phi) is 8.55. The van der Waals surface area contributed by atoms with Crippen LogP contribution in [0, 0.1) is 11.2 Å². The molecule has 1 aliphatic carbocycles. The van der Waals surface area contributed by atoms with Gasteiger partial charge in [0.25, 0.3) is 0 Å². The van der Waals surface area contributed by atoms with Crippen LogP contribution in [0.25, 0.3) is 11.8 Å². The Morgan fingerprint density at radius 2 is 1.82 bits per heavy atom. The number of piperidine rings is 1. The van der Waals surface area contributed by atoms with Gasteiger partial charge in [0, 0.05) is 25.4 Å². The number of nitrogens with zero attached hydrogens (tertiary/aromatic N) is 7. The molecule has 270 valence electrons. The molecule has 1 unspecified atom stereocenters. The number of alkyl halides is 3. The summed E-state index contributed by atoms with van der Waals surface area (Å²) in [5.41, 5.74) is 0.592. The lowest BCUT2D eigenvalue weighted by Crippen LogP contribution is -2.54. The summed E-state index contributed by atoms with van der Waals surface area (Å²) in [7, 11) is -6.12. The van der Waals surface area contributed by atoms with Gasteiger partial charge < -0.3 is 4.74 Å². The first kappa shape index (κ1) is 35.4. The van der Waals surface area contributed by atoms with Crippen molar-refractivity contribution in [1.82, 2.24) is 28.9 Å². The van der Waals surface area contributed by atoms with Crippen LogP contribution in [0.15, 0.2) is 69.5 Å². The highest BCUT2D eigenvalue weighted by Crippen LogP contribution is 2.48. The Labute approximate surface area is 294 Å². The third-order valence-electron chi connectivity index (χ3n) is 10.6. The molecular formula is C35H39F4N7O3SSi. The van der Waals surface area contributed by atoms with Crippen LogP contribution in [-0.4, -0.2) is 66.8 Å². The lowest BCUT2D eigenvalue weighted by atomic mass is 9.65. The standard InChI is InChI=1S/C35H39F4N7O3SSi/c1-33(2,3)51(4,5)43-50(48,31-18-28-21-49-15-14-45(28)42-31)44-13-11-24-17-30-23(20-41-46(30)27-8-6-26(36)7-9-27)19-34(24,22-44)32(47)29-16-25(10-12-40-29)35(37,38)39/h6-10,12,16-18,20H,11,13-15,19,21-22H2,1-5H3/t34-,50?/m0/s1. The first-order valence-corrected chi connectivity index (χ1v) is 21.1. The Balaban J connectivity index is 1.40. The molecule has 16 heteroatoms. The van der Waals surface area contributed by atoms with E-state index >= 15 is 4.21 Å². The van der Waals surface area contributed by atoms with Crippen molar-refractivity contribution in [3.05, 3.63) is 94.5 Å². The average Bonchev–Trinajstić information content (AvgIpc) is 3.70. The van der Waals surface area contributed by atoms with Gasteiger partial charge in [-0.05, 0) is 79.0 Å². The van der Waals surface area contributed by atoms with E-state index in [0.717, 1.165) is 24.0 Å². The molecule has 4 aromatic rings. The molecular weight excluding hydrogens is 703 g/mol. The van der Waals surface area contributed by atoms with Gasteiger partial charge in [-0.2, -0.15) is 23.4 Å². The van der Waals surface area contributed by atoms with Crippen LogP contribution in [0.3, 0.4) is 0 Å². The Morgan fingerprint density at radius 3 is 2.51 bits per heavy atom. The fraction of sp³-hybridized carbons (Fsp3) is 0.429. The van der Waals surface area contributed by atoms with Crippen molar-refractivity contribution in [2.75, 3.05) is 19.7 Å². The smallest absolute Gasteiger partial charge is 0.373 e. The Bertz CT molecular complexity index is 2160. The molecule has 0 saturated carbocycles. The molecule has 0 N–H and O–H groups in total. The molecule has 7 rings (SSSR count). The lowest BCUT2D eigenvalue weighted by Gasteiger charge is -2.46. The van der Waals surface area contributed by atoms with E-state index in [1.807, 2.05) is 19.2 Å². The van der Waals surface area contributed by atoms with E-state index in [1.54, 1.807) is 38.1 Å². The number of halogens is 4. The summed E-state index contributed by atoms with van der Waals surface area (Å²) in [6.07, 6.45) is 0.0807. The number of ketones is 1. The molecule has 0 spiro atoms. The molecule has 10 nitrogen and oxygen atoms in total. The molecule has 1 aromatic carbocycles. The van der Waals surface area contributed by atoms with E-state index in [2.05, 4.69) is 30.9 Å². The number of rotatable bonds is 6. The second-order valence-corrected chi connectivity index (χ2v) is 22.2. The van der Waals surface area contributed by atoms with Crippen molar-refractivity contribution < 1.29 is 31.3 Å². The van der Waals surface area contributed by atoms with E-state index < -0.39 is 46.9 Å². The number of hydrogen-bond donors (Lipinski definition) is 0. The highest BCUT2D eigenvalue weighted by Gasteiger charge is 2.52. The van der Waals surface area contributed by atoms with Crippen LogP contribution in [0.4, 0.5) is 17.6 Å². The Morgan fingerprint density at radius 1 is 1.08 bits per heavy atom. The summed E-state index contributed by atoms with van der Waals surface area (Å²) in [4.78, 5) is 19.0. The number of Topliss-reactive ketones (excluding diaryl/α,β-unsaturated/α-hetero) is 1. The fourth-order valence-corrected chi connectivity index (χ4v) is 12.6. The van der Waals surface area contributed by atoms with Gasteiger partial charge in [0.15, 0.2) is 29.0 Å². The molecule has 2 atom stereocenters. The maximum absolute atomic E-state index is 15.8. The number of ether oxygens (including phenoxy) is 1. The fourth-order valence-electron chi connectivity index (χ4n) is 6.67. The molecule has 3 aliphatic rings. The van der Waals surface area contributed by atoms with E-state index in [-0.39, 0.29) is 41.7 Å². The molecule has 1 saturated heterocycles. The molecule has 0 bridgehead atoms. The first-order chi connectivity index (χ1) is 23.9. The summed E-state index contributed by atoms with van der Waals surface area (Å²) in [5, 5.41) is 9.33. The van der Waals surface area contributed by atoms with Crippen LogP contribution in [-0.2, 0) is 40.4 Å². The summed E-state index contributed by atoms with van der Waals surface area (Å²) >= 11 is 0. The van der Waals surface area contributed by atoms with Crippen LogP contribution < -0.4 is 0 Å². The van der Waals surface area contributed by atoms with Gasteiger partial charge in [-0.3, -0.25) is 18.5 Å². The van der Waals surface area contributed by atoms with Crippen molar-refractivity contribution in [3.8, 4) is 5.69 Å². The summed E-state index contributed by atoms with van der Waals surface area (Å²) in [5.74, 6) is -1.02. The van der Waals surface area contributed by atoms with Crippen LogP contribution in [0.5, 0.6) is 0 Å². The van der Waals surface area contributed by atoms with Gasteiger partial charge in [0.05, 0.1) is 54.0 Å². The largest absolute Gasteiger partial charge is 0.416 e. The zero-order valence-corrected chi connectivity index (χ0v) is 30.8. The van der Waals surface area contributed by atoms with E-state index in [9.17, 15) is 22.4 Å². The normalized spacial score (nSPS) is 20.8. The maximum atomic E-state index is 15.8. The summed E-state index contributed by atoms with van der Waals surface area (Å²) in [6, 6.07) is 9.22. The minimum absolute atomic E-state index is 0.0613. The molecule has 5 heterocycles. The molecule has 51 heavy (non-hydrogen) atoms. The third-order valence-corrected chi connectivity index (χ3v) is 18.8. The quantitative estimate of drug-likeness (QED) is 0.119. The second-order valence-electron chi connectivity index (χ2n) is 14.9. The van der Waals surface area contributed by atoms with Crippen molar-refractivity contribution in [2.45, 2.75) is 76.1 Å². The maximum Gasteiger partial charge on any atom is 0.416 e. The van der Waals surface area contributed by atoms with Crippen molar-refractivity contribution in [3.63, 3.8) is 0 Å². The average molecular weight is 742 g/mol. The topological polar surface area (TPSA) is 108 Å². The third kappa shape index (κ3) is 6.19. The highest BCUT2D eigenvalue weighted by atomic mass is 32.2. The number of pyridine rings is 1. The number of aromatic nitrogens is 5. The number of fused-ring (bicyclic) bond motifs is 3. The summed E-state index contributed by atoms with van der Waals surface area (Å²) in [6.45, 7) is 11.7. The minimum Gasteiger partial charge on any atom is -0.373 e. The molecule has 0 amide bonds. The highest BCUT2D eigenvalue weighted by molar-refractivity contribution is 7.92. The van der Waals surface area contributed by atoms with Gasteiger partial charge in [0.2, 0.25) is 0 Å². The number of carbonyl (C=O) groups is 1. The predicted molar refractivity (Wildman–Crippen MR) is 185 cm³/mol. The molecule has 3 aromatic heterocycles. The zero-order chi connectivity index (χ0) is 36.6. The number of benzene rings is 1. The SMILES string of the molecule is CC(C)(C)[Si](C)(C)N=S(=O)(c1cc2n(n1)CCOC2)N1CCC2=Cc3c(cnn3-c3ccc(F)cc3)C[C@]2(C(=O)c2cc(C(F)(F)F)ccn2)C1. The van der Waals surface area contributed by atoms with Gasteiger partial charge >= 0.3 is 6.18 Å². The lowest BCUT2D eigenvalue weighted by molar-refractivity contribution is -0.137. The molecule has 0 radical (unpaired) electrons. The van der Waals surface area contributed by atoms with Crippen molar-refractivity contribution >= 4 is 30.0 Å². The van der Waals surface area contributed by atoms with Crippen LogP contribution in [0.1, 0.15) is 60.2 Å². The molecule has 1 fully saturated rings. The number of hydrogen-bond acceptors (Lipinski definition) is 7. The van der Waals surface area contributed by atoms with Crippen LogP contribution in [0.2, 0.25) is 18.1 Å². The van der Waals surface area contributed by atoms with Gasteiger partial charge in [-0.25, -0.2) is 17.6 Å². The van der Waals surface area contributed by atoms with Gasteiger partial charge in [-0.15, -0.1) is 0 Å². The van der Waals surface area contributed by atoms with E-state index in [0.29, 0.717) is 42.3 Å². The monoisotopic (exact) mass is 741 g/mol. The minimum atomic E-state index is -4.69. The second kappa shape index (κ2) is 12.3. The predicted octanol–water partition coefficient (Wildman–Crippen LogP) is 7.11. The zero-order valence-electron chi connectivity index (χ0n) is 29.0. The van der Waals surface area contributed by atoms with Crippen molar-refractivity contribution in [2.24, 2.45) is 9.44 Å². The number of carbonyl (C=O) groups excluding carboxylic acids is 1. The Hall–Kier alpha value is -3.99.